The lowest BCUT2D eigenvalue weighted by atomic mass is 10.3. The molecular weight excluding hydrogens is 267 g/mol. The predicted molar refractivity (Wildman–Crippen MR) is 74.3 cm³/mol. The van der Waals surface area contributed by atoms with Crippen LogP contribution in [0.3, 0.4) is 0 Å². The molecule has 0 aliphatic carbocycles. The number of hydrogen-bond donors (Lipinski definition) is 0. The zero-order valence-electron chi connectivity index (χ0n) is 8.63. The van der Waals surface area contributed by atoms with Gasteiger partial charge in [0.15, 0.2) is 0 Å². The Morgan fingerprint density at radius 2 is 2.00 bits per heavy atom. The van der Waals surface area contributed by atoms with Crippen molar-refractivity contribution in [2.75, 3.05) is 5.75 Å². The summed E-state index contributed by atoms with van der Waals surface area (Å²) < 4.78 is 0. The number of hydrogen-bond acceptors (Lipinski definition) is 2. The summed E-state index contributed by atoms with van der Waals surface area (Å²) in [6.45, 7) is 2.21. The molecular formula is C11H14Cl2S2. The predicted octanol–water partition coefficient (Wildman–Crippen LogP) is 5.92. The Morgan fingerprint density at radius 1 is 1.20 bits per heavy atom. The highest BCUT2D eigenvalue weighted by atomic mass is 35.5. The van der Waals surface area contributed by atoms with E-state index < -0.39 is 0 Å². The highest BCUT2D eigenvalue weighted by molar-refractivity contribution is 8.76. The molecule has 0 aromatic heterocycles. The van der Waals surface area contributed by atoms with Crippen molar-refractivity contribution in [3.63, 3.8) is 0 Å². The summed E-state index contributed by atoms with van der Waals surface area (Å²) >= 11 is 11.9. The van der Waals surface area contributed by atoms with E-state index in [9.17, 15) is 0 Å². The van der Waals surface area contributed by atoms with Crippen LogP contribution in [0.4, 0.5) is 0 Å². The largest absolute Gasteiger partial charge is 0.0889 e. The number of unbranched alkanes of at least 4 members (excludes halogenated alkanes) is 2. The highest BCUT2D eigenvalue weighted by Crippen LogP contribution is 2.37. The van der Waals surface area contributed by atoms with Crippen LogP contribution in [0.25, 0.3) is 0 Å². The molecule has 1 aromatic rings. The third-order valence-corrected chi connectivity index (χ3v) is 5.03. The lowest BCUT2D eigenvalue weighted by molar-refractivity contribution is 0.780. The van der Waals surface area contributed by atoms with Gasteiger partial charge in [-0.15, -0.1) is 0 Å². The van der Waals surface area contributed by atoms with Gasteiger partial charge in [-0.1, -0.05) is 64.6 Å². The molecule has 0 atom stereocenters. The maximum atomic E-state index is 6.04. The first-order valence-electron chi connectivity index (χ1n) is 4.98. The fourth-order valence-electron chi connectivity index (χ4n) is 1.06. The maximum Gasteiger partial charge on any atom is 0.0551 e. The number of rotatable bonds is 6. The second-order valence-corrected chi connectivity index (χ2v) is 6.49. The van der Waals surface area contributed by atoms with Gasteiger partial charge < -0.3 is 0 Å². The van der Waals surface area contributed by atoms with Crippen molar-refractivity contribution in [1.82, 2.24) is 0 Å². The molecule has 0 unspecified atom stereocenters. The molecule has 4 heteroatoms. The average Bonchev–Trinajstić information content (AvgIpc) is 2.23. The third-order valence-electron chi connectivity index (χ3n) is 1.87. The van der Waals surface area contributed by atoms with Crippen LogP contribution in [0, 0.1) is 0 Å². The van der Waals surface area contributed by atoms with Gasteiger partial charge in [-0.05, 0) is 24.6 Å². The quantitative estimate of drug-likeness (QED) is 0.468. The zero-order valence-corrected chi connectivity index (χ0v) is 11.8. The molecule has 1 aromatic carbocycles. The molecule has 0 heterocycles. The molecule has 84 valence electrons. The molecule has 0 nitrogen and oxygen atoms in total. The van der Waals surface area contributed by atoms with E-state index in [1.807, 2.05) is 29.0 Å². The Morgan fingerprint density at radius 3 is 2.73 bits per heavy atom. The first-order valence-corrected chi connectivity index (χ1v) is 8.06. The van der Waals surface area contributed by atoms with Gasteiger partial charge in [-0.25, -0.2) is 0 Å². The van der Waals surface area contributed by atoms with Gasteiger partial charge in [-0.3, -0.25) is 0 Å². The molecule has 0 N–H and O–H groups in total. The van der Waals surface area contributed by atoms with Crippen molar-refractivity contribution < 1.29 is 0 Å². The normalized spacial score (nSPS) is 10.6. The minimum atomic E-state index is 0.746. The van der Waals surface area contributed by atoms with Crippen molar-refractivity contribution in [3.05, 3.63) is 28.2 Å². The smallest absolute Gasteiger partial charge is 0.0551 e. The standard InChI is InChI=1S/C11H14Cl2S2/c1-2-3-4-7-14-15-11-8-9(12)5-6-10(11)13/h5-6,8H,2-4,7H2,1H3. The number of halogens is 2. The van der Waals surface area contributed by atoms with Crippen molar-refractivity contribution in [3.8, 4) is 0 Å². The van der Waals surface area contributed by atoms with Crippen LogP contribution >= 0.6 is 44.8 Å². The molecule has 0 fully saturated rings. The Bertz CT molecular complexity index is 303. The van der Waals surface area contributed by atoms with Gasteiger partial charge in [-0.2, -0.15) is 0 Å². The van der Waals surface area contributed by atoms with Crippen LogP contribution in [0.2, 0.25) is 10.0 Å². The van der Waals surface area contributed by atoms with Crippen LogP contribution in [0.1, 0.15) is 26.2 Å². The van der Waals surface area contributed by atoms with Crippen LogP contribution < -0.4 is 0 Å². The molecule has 0 aliphatic heterocycles. The zero-order chi connectivity index (χ0) is 11.1. The summed E-state index contributed by atoms with van der Waals surface area (Å²) in [6.07, 6.45) is 3.84. The summed E-state index contributed by atoms with van der Waals surface area (Å²) in [5.74, 6) is 1.17. The highest BCUT2D eigenvalue weighted by Gasteiger charge is 2.02. The molecule has 0 spiro atoms. The SMILES string of the molecule is CCCCCSSc1cc(Cl)ccc1Cl. The number of benzene rings is 1. The molecule has 15 heavy (non-hydrogen) atoms. The summed E-state index contributed by atoms with van der Waals surface area (Å²) in [4.78, 5) is 1.06. The van der Waals surface area contributed by atoms with E-state index in [0.717, 1.165) is 14.9 Å². The lowest BCUT2D eigenvalue weighted by Crippen LogP contribution is -1.77. The topological polar surface area (TPSA) is 0 Å². The maximum absolute atomic E-state index is 6.04. The molecule has 0 saturated carbocycles. The molecule has 1 rings (SSSR count). The summed E-state index contributed by atoms with van der Waals surface area (Å²) in [7, 11) is 3.55. The van der Waals surface area contributed by atoms with Gasteiger partial charge in [0, 0.05) is 15.7 Å². The fraction of sp³-hybridized carbons (Fsp3) is 0.455. The lowest BCUT2D eigenvalue weighted by Gasteiger charge is -2.03. The average molecular weight is 281 g/mol. The van der Waals surface area contributed by atoms with Crippen molar-refractivity contribution >= 4 is 44.8 Å². The van der Waals surface area contributed by atoms with E-state index in [0.29, 0.717) is 0 Å². The van der Waals surface area contributed by atoms with Gasteiger partial charge in [0.05, 0.1) is 5.02 Å². The van der Waals surface area contributed by atoms with Crippen LogP contribution in [-0.4, -0.2) is 5.75 Å². The van der Waals surface area contributed by atoms with E-state index in [4.69, 9.17) is 23.2 Å². The summed E-state index contributed by atoms with van der Waals surface area (Å²) in [5, 5.41) is 1.53. The minimum Gasteiger partial charge on any atom is -0.0889 e. The molecule has 0 aliphatic rings. The Balaban J connectivity index is 2.33. The van der Waals surface area contributed by atoms with E-state index >= 15 is 0 Å². The molecule has 0 bridgehead atoms. The van der Waals surface area contributed by atoms with Gasteiger partial charge in [0.1, 0.15) is 0 Å². The van der Waals surface area contributed by atoms with Crippen molar-refractivity contribution in [2.45, 2.75) is 31.1 Å². The van der Waals surface area contributed by atoms with Crippen LogP contribution in [0.15, 0.2) is 23.1 Å². The van der Waals surface area contributed by atoms with E-state index in [-0.39, 0.29) is 0 Å². The second-order valence-electron chi connectivity index (χ2n) is 3.19. The van der Waals surface area contributed by atoms with Crippen LogP contribution in [0.5, 0.6) is 0 Å². The van der Waals surface area contributed by atoms with E-state index in [1.54, 1.807) is 10.8 Å². The molecule has 0 saturated heterocycles. The molecule has 0 radical (unpaired) electrons. The minimum absolute atomic E-state index is 0.746. The van der Waals surface area contributed by atoms with Gasteiger partial charge in [0.2, 0.25) is 0 Å². The van der Waals surface area contributed by atoms with Crippen molar-refractivity contribution in [2.24, 2.45) is 0 Å². The first kappa shape index (κ1) is 13.6. The summed E-state index contributed by atoms with van der Waals surface area (Å²) in [6, 6.07) is 5.58. The van der Waals surface area contributed by atoms with Gasteiger partial charge >= 0.3 is 0 Å². The van der Waals surface area contributed by atoms with Crippen molar-refractivity contribution in [1.29, 1.82) is 0 Å². The van der Waals surface area contributed by atoms with Gasteiger partial charge in [0.25, 0.3) is 0 Å². The Labute approximate surface area is 110 Å². The Hall–Kier alpha value is 0.500. The van der Waals surface area contributed by atoms with E-state index in [2.05, 4.69) is 6.92 Å². The van der Waals surface area contributed by atoms with E-state index in [1.165, 1.54) is 25.0 Å². The van der Waals surface area contributed by atoms with Crippen LogP contribution in [-0.2, 0) is 0 Å². The fourth-order valence-corrected chi connectivity index (χ4v) is 3.92. The third kappa shape index (κ3) is 5.39. The first-order chi connectivity index (χ1) is 7.24. The monoisotopic (exact) mass is 280 g/mol. The Kier molecular flexibility index (Phi) is 6.98. The summed E-state index contributed by atoms with van der Waals surface area (Å²) in [5.41, 5.74) is 0. The second kappa shape index (κ2) is 7.72. The molecule has 0 amide bonds.